The summed E-state index contributed by atoms with van der Waals surface area (Å²) >= 11 is 0. The van der Waals surface area contributed by atoms with Crippen molar-refractivity contribution in [3.8, 4) is 18.1 Å². The van der Waals surface area contributed by atoms with Gasteiger partial charge in [-0.15, -0.1) is 6.42 Å². The molecule has 1 unspecified atom stereocenters. The van der Waals surface area contributed by atoms with Crippen molar-refractivity contribution in [1.29, 1.82) is 0 Å². The van der Waals surface area contributed by atoms with Gasteiger partial charge in [0.25, 0.3) is 5.91 Å². The summed E-state index contributed by atoms with van der Waals surface area (Å²) in [6, 6.07) is 4.47. The number of terminal acetylenes is 1. The SMILES string of the molecule is C#C/C(=C\C(C)C)C(=O)N1CCCC1C(=C)/C=C\C=C(/C)CN1CCN(Cc2c(C)cc(/C(=C/N(C)C=C)C(C)=C(C)C)cc2OC)CC1.CC. The Balaban J connectivity index is 0.00000442. The summed E-state index contributed by atoms with van der Waals surface area (Å²) in [6.45, 7) is 33.7. The third kappa shape index (κ3) is 12.6. The molecule has 0 radical (unpaired) electrons. The number of rotatable bonds is 14. The minimum absolute atomic E-state index is 0.00752. The van der Waals surface area contributed by atoms with Crippen LogP contribution in [0, 0.1) is 25.2 Å². The van der Waals surface area contributed by atoms with Gasteiger partial charge >= 0.3 is 0 Å². The molecule has 3 rings (SSSR count). The summed E-state index contributed by atoms with van der Waals surface area (Å²) in [5, 5.41) is 0. The van der Waals surface area contributed by atoms with Crippen LogP contribution in [-0.2, 0) is 11.3 Å². The Morgan fingerprint density at radius 3 is 2.31 bits per heavy atom. The zero-order chi connectivity index (χ0) is 38.2. The van der Waals surface area contributed by atoms with E-state index < -0.39 is 0 Å². The van der Waals surface area contributed by atoms with E-state index in [-0.39, 0.29) is 17.9 Å². The average molecular weight is 695 g/mol. The van der Waals surface area contributed by atoms with Crippen LogP contribution >= 0.6 is 0 Å². The number of amides is 1. The fourth-order valence-electron chi connectivity index (χ4n) is 6.48. The lowest BCUT2D eigenvalue weighted by Crippen LogP contribution is -2.46. The molecule has 6 heteroatoms. The van der Waals surface area contributed by atoms with E-state index >= 15 is 0 Å². The fourth-order valence-corrected chi connectivity index (χ4v) is 6.48. The lowest BCUT2D eigenvalue weighted by molar-refractivity contribution is -0.126. The van der Waals surface area contributed by atoms with Gasteiger partial charge in [-0.3, -0.25) is 14.6 Å². The molecule has 2 aliphatic heterocycles. The first-order valence-electron chi connectivity index (χ1n) is 18.6. The summed E-state index contributed by atoms with van der Waals surface area (Å²) < 4.78 is 5.97. The van der Waals surface area contributed by atoms with Crippen molar-refractivity contribution in [2.75, 3.05) is 53.4 Å². The Labute approximate surface area is 311 Å². The normalized spacial score (nSPS) is 17.6. The Kier molecular flexibility index (Phi) is 18.0. The molecule has 1 aromatic rings. The molecule has 0 N–H and O–H groups in total. The van der Waals surface area contributed by atoms with Crippen molar-refractivity contribution < 1.29 is 9.53 Å². The number of hydrogen-bond donors (Lipinski definition) is 0. The highest BCUT2D eigenvalue weighted by molar-refractivity contribution is 5.98. The number of likely N-dealkylation sites (tertiary alicyclic amines) is 1. The maximum atomic E-state index is 13.1. The number of carbonyl (C=O) groups is 1. The molecule has 0 aromatic heterocycles. The smallest absolute Gasteiger partial charge is 0.262 e. The van der Waals surface area contributed by atoms with Crippen molar-refractivity contribution in [1.82, 2.24) is 19.6 Å². The van der Waals surface area contributed by atoms with E-state index in [1.807, 2.05) is 56.8 Å². The summed E-state index contributed by atoms with van der Waals surface area (Å²) in [6.07, 6.45) is 19.7. The van der Waals surface area contributed by atoms with E-state index in [1.54, 1.807) is 7.11 Å². The van der Waals surface area contributed by atoms with Crippen LogP contribution in [0.4, 0.5) is 0 Å². The molecule has 278 valence electrons. The zero-order valence-electron chi connectivity index (χ0n) is 33.7. The molecule has 1 amide bonds. The second-order valence-corrected chi connectivity index (χ2v) is 14.1. The van der Waals surface area contributed by atoms with Gasteiger partial charge in [-0.25, -0.2) is 0 Å². The van der Waals surface area contributed by atoms with E-state index in [2.05, 4.69) is 100 Å². The number of ether oxygens (including phenoxy) is 1. The largest absolute Gasteiger partial charge is 0.496 e. The first-order chi connectivity index (χ1) is 24.3. The predicted octanol–water partition coefficient (Wildman–Crippen LogP) is 9.19. The fraction of sp³-hybridized carbons (Fsp3) is 0.489. The van der Waals surface area contributed by atoms with Gasteiger partial charge in [0.2, 0.25) is 0 Å². The lowest BCUT2D eigenvalue weighted by Gasteiger charge is -2.35. The van der Waals surface area contributed by atoms with Gasteiger partial charge in [0.15, 0.2) is 0 Å². The zero-order valence-corrected chi connectivity index (χ0v) is 33.7. The maximum Gasteiger partial charge on any atom is 0.262 e. The maximum absolute atomic E-state index is 13.1. The molecule has 2 aliphatic rings. The lowest BCUT2D eigenvalue weighted by atomic mass is 9.93. The van der Waals surface area contributed by atoms with Crippen molar-refractivity contribution in [2.45, 2.75) is 87.7 Å². The molecular formula is C45H66N4O2. The van der Waals surface area contributed by atoms with Gasteiger partial charge in [0.1, 0.15) is 5.75 Å². The van der Waals surface area contributed by atoms with Crippen molar-refractivity contribution in [3.05, 3.63) is 107 Å². The van der Waals surface area contributed by atoms with Crippen molar-refractivity contribution in [2.24, 2.45) is 5.92 Å². The number of aryl methyl sites for hydroxylation is 1. The van der Waals surface area contributed by atoms with E-state index in [1.165, 1.54) is 33.4 Å². The number of benzene rings is 1. The number of carbonyl (C=O) groups excluding carboxylic acids is 1. The van der Waals surface area contributed by atoms with Crippen LogP contribution in [0.15, 0.2) is 89.9 Å². The third-order valence-electron chi connectivity index (χ3n) is 9.58. The number of hydrogen-bond acceptors (Lipinski definition) is 5. The summed E-state index contributed by atoms with van der Waals surface area (Å²) in [5.41, 5.74) is 10.1. The predicted molar refractivity (Wildman–Crippen MR) is 219 cm³/mol. The van der Waals surface area contributed by atoms with Gasteiger partial charge in [0.05, 0.1) is 18.7 Å². The molecule has 2 heterocycles. The quantitative estimate of drug-likeness (QED) is 0.110. The molecule has 0 saturated carbocycles. The van der Waals surface area contributed by atoms with Crippen LogP contribution in [0.2, 0.25) is 0 Å². The van der Waals surface area contributed by atoms with Gasteiger partial charge in [-0.05, 0) is 87.9 Å². The van der Waals surface area contributed by atoms with E-state index in [0.717, 1.165) is 69.0 Å². The van der Waals surface area contributed by atoms with Crippen LogP contribution in [0.3, 0.4) is 0 Å². The highest BCUT2D eigenvalue weighted by Gasteiger charge is 2.31. The summed E-state index contributed by atoms with van der Waals surface area (Å²) in [4.78, 5) is 22.1. The summed E-state index contributed by atoms with van der Waals surface area (Å²) in [7, 11) is 3.78. The van der Waals surface area contributed by atoms with E-state index in [4.69, 9.17) is 11.2 Å². The molecule has 51 heavy (non-hydrogen) atoms. The molecule has 0 bridgehead atoms. The minimum atomic E-state index is -0.0575. The molecule has 6 nitrogen and oxygen atoms in total. The Morgan fingerprint density at radius 1 is 1.10 bits per heavy atom. The molecule has 1 aromatic carbocycles. The molecular weight excluding hydrogens is 629 g/mol. The monoisotopic (exact) mass is 695 g/mol. The number of piperazine rings is 1. The molecule has 2 saturated heterocycles. The van der Waals surface area contributed by atoms with Crippen LogP contribution in [0.5, 0.6) is 5.75 Å². The Morgan fingerprint density at radius 2 is 1.75 bits per heavy atom. The van der Waals surface area contributed by atoms with Gasteiger partial charge in [-0.1, -0.05) is 88.3 Å². The first kappa shape index (κ1) is 43.1. The van der Waals surface area contributed by atoms with Gasteiger partial charge < -0.3 is 14.5 Å². The third-order valence-corrected chi connectivity index (χ3v) is 9.58. The van der Waals surface area contributed by atoms with Crippen LogP contribution in [-0.4, -0.2) is 85.0 Å². The van der Waals surface area contributed by atoms with Crippen LogP contribution < -0.4 is 4.74 Å². The van der Waals surface area contributed by atoms with Crippen LogP contribution in [0.25, 0.3) is 5.57 Å². The Hall–Kier alpha value is -4.05. The van der Waals surface area contributed by atoms with Gasteiger partial charge in [0, 0.05) is 70.2 Å². The topological polar surface area (TPSA) is 39.3 Å². The molecule has 2 fully saturated rings. The number of methoxy groups -OCH3 is 1. The van der Waals surface area contributed by atoms with Crippen molar-refractivity contribution in [3.63, 3.8) is 0 Å². The van der Waals surface area contributed by atoms with Gasteiger partial charge in [-0.2, -0.15) is 0 Å². The minimum Gasteiger partial charge on any atom is -0.496 e. The van der Waals surface area contributed by atoms with Crippen molar-refractivity contribution >= 4 is 11.5 Å². The van der Waals surface area contributed by atoms with Crippen LogP contribution in [0.1, 0.15) is 84.9 Å². The van der Waals surface area contributed by atoms with E-state index in [0.29, 0.717) is 12.1 Å². The Bertz CT molecular complexity index is 1550. The molecule has 0 aliphatic carbocycles. The second kappa shape index (κ2) is 21.3. The number of nitrogens with zero attached hydrogens (tertiary/aromatic N) is 4. The molecule has 0 spiro atoms. The van der Waals surface area contributed by atoms with E-state index in [9.17, 15) is 4.79 Å². The number of allylic oxidation sites excluding steroid dienone is 6. The highest BCUT2D eigenvalue weighted by atomic mass is 16.5. The first-order valence-corrected chi connectivity index (χ1v) is 18.6. The molecule has 1 atom stereocenters. The highest BCUT2D eigenvalue weighted by Crippen LogP contribution is 2.33. The average Bonchev–Trinajstić information content (AvgIpc) is 3.61. The second-order valence-electron chi connectivity index (χ2n) is 14.1. The summed E-state index contributed by atoms with van der Waals surface area (Å²) in [5.74, 6) is 3.71. The standard InChI is InChI=1S/C43H60N4O2.C2H6/c1-13-37(25-31(3)4)43(48)47-20-16-19-41(47)34(8)18-15-17-33(7)28-45-21-23-46(24-22-45)30-39-35(9)26-38(27-42(39)49-12)40(29-44(11)14-2)36(10)32(5)6;1-2/h1,14-15,17-18,25-27,29,31,41H,2,8,16,19-24,28,30H2,3-7,9-12H3;1-2H3/b18-15-,33-17+,37-25+,40-29+;.